The maximum absolute atomic E-state index is 13.8. The zero-order valence-corrected chi connectivity index (χ0v) is 17.2. The standard InChI is InChI=1S/C21H19F2N5O2S/c22-14-8-9-16(23)17(11-14)25-21(30)28-10-4-5-13(12-28)19-26-27-20(31-19)18(29)24-15-6-2-1-3-7-15/h1-3,6-9,11,13H,4-5,10,12H2,(H,24,29)(H,25,30)/t13-/m0/s1. The van der Waals surface area contributed by atoms with Gasteiger partial charge in [0.1, 0.15) is 16.6 Å². The summed E-state index contributed by atoms with van der Waals surface area (Å²) in [6.45, 7) is 0.830. The zero-order chi connectivity index (χ0) is 21.8. The maximum atomic E-state index is 13.8. The molecule has 2 heterocycles. The predicted octanol–water partition coefficient (Wildman–Crippen LogP) is 4.48. The number of amides is 3. The summed E-state index contributed by atoms with van der Waals surface area (Å²) < 4.78 is 27.2. The van der Waals surface area contributed by atoms with Crippen LogP contribution < -0.4 is 10.6 Å². The number of aromatic nitrogens is 2. The topological polar surface area (TPSA) is 87.2 Å². The molecular weight excluding hydrogens is 424 g/mol. The molecule has 1 fully saturated rings. The number of hydrogen-bond acceptors (Lipinski definition) is 5. The average Bonchev–Trinajstić information content (AvgIpc) is 3.28. The molecule has 0 unspecified atom stereocenters. The van der Waals surface area contributed by atoms with E-state index in [1.807, 2.05) is 18.2 Å². The van der Waals surface area contributed by atoms with Crippen molar-refractivity contribution in [1.82, 2.24) is 15.1 Å². The molecule has 0 radical (unpaired) electrons. The van der Waals surface area contributed by atoms with Crippen molar-refractivity contribution in [3.05, 3.63) is 70.2 Å². The Morgan fingerprint density at radius 1 is 1.06 bits per heavy atom. The van der Waals surface area contributed by atoms with Crippen LogP contribution in [0.3, 0.4) is 0 Å². The third-order valence-corrected chi connectivity index (χ3v) is 5.98. The van der Waals surface area contributed by atoms with Crippen LogP contribution in [-0.4, -0.2) is 40.1 Å². The number of urea groups is 1. The molecule has 10 heteroatoms. The first-order chi connectivity index (χ1) is 15.0. The molecule has 1 aliphatic rings. The highest BCUT2D eigenvalue weighted by Gasteiger charge is 2.28. The van der Waals surface area contributed by atoms with Crippen LogP contribution in [0.1, 0.15) is 33.6 Å². The Balaban J connectivity index is 1.40. The first-order valence-electron chi connectivity index (χ1n) is 9.70. The SMILES string of the molecule is O=C(Nc1ccccc1)c1nnc([C@H]2CCCN(C(=O)Nc3cc(F)ccc3F)C2)s1. The number of nitrogens with zero attached hydrogens (tertiary/aromatic N) is 3. The molecule has 31 heavy (non-hydrogen) atoms. The third kappa shape index (κ3) is 5.02. The summed E-state index contributed by atoms with van der Waals surface area (Å²) in [7, 11) is 0. The predicted molar refractivity (Wildman–Crippen MR) is 113 cm³/mol. The highest BCUT2D eigenvalue weighted by atomic mass is 32.1. The first kappa shape index (κ1) is 20.9. The second kappa shape index (κ2) is 9.17. The minimum Gasteiger partial charge on any atom is -0.324 e. The van der Waals surface area contributed by atoms with Gasteiger partial charge in [-0.3, -0.25) is 4.79 Å². The number of carbonyl (C=O) groups is 2. The summed E-state index contributed by atoms with van der Waals surface area (Å²) in [5.41, 5.74) is 0.456. The summed E-state index contributed by atoms with van der Waals surface area (Å²) in [4.78, 5) is 26.5. The molecule has 1 saturated heterocycles. The van der Waals surface area contributed by atoms with Crippen molar-refractivity contribution < 1.29 is 18.4 Å². The van der Waals surface area contributed by atoms with Gasteiger partial charge in [-0.1, -0.05) is 29.5 Å². The maximum Gasteiger partial charge on any atom is 0.321 e. The van der Waals surface area contributed by atoms with Crippen LogP contribution in [0.4, 0.5) is 25.0 Å². The Hall–Kier alpha value is -3.40. The molecule has 160 valence electrons. The quantitative estimate of drug-likeness (QED) is 0.622. The van der Waals surface area contributed by atoms with E-state index in [4.69, 9.17) is 0 Å². The fraction of sp³-hybridized carbons (Fsp3) is 0.238. The molecule has 1 atom stereocenters. The first-order valence-corrected chi connectivity index (χ1v) is 10.5. The summed E-state index contributed by atoms with van der Waals surface area (Å²) in [5.74, 6) is -1.78. The van der Waals surface area contributed by atoms with Crippen LogP contribution in [0.25, 0.3) is 0 Å². The molecule has 0 aliphatic carbocycles. The van der Waals surface area contributed by atoms with Gasteiger partial charge in [0.15, 0.2) is 0 Å². The number of likely N-dealkylation sites (tertiary alicyclic amines) is 1. The molecule has 0 spiro atoms. The highest BCUT2D eigenvalue weighted by Crippen LogP contribution is 2.30. The monoisotopic (exact) mass is 443 g/mol. The Kier molecular flexibility index (Phi) is 6.17. The minimum absolute atomic E-state index is 0.0902. The van der Waals surface area contributed by atoms with Crippen molar-refractivity contribution in [3.8, 4) is 0 Å². The fourth-order valence-electron chi connectivity index (χ4n) is 3.35. The summed E-state index contributed by atoms with van der Waals surface area (Å²) >= 11 is 1.19. The molecule has 3 amide bonds. The van der Waals surface area contributed by atoms with Crippen molar-refractivity contribution >= 4 is 34.6 Å². The van der Waals surface area contributed by atoms with Crippen molar-refractivity contribution in [2.45, 2.75) is 18.8 Å². The van der Waals surface area contributed by atoms with Gasteiger partial charge in [-0.15, -0.1) is 10.2 Å². The Morgan fingerprint density at radius 2 is 1.87 bits per heavy atom. The number of benzene rings is 2. The van der Waals surface area contributed by atoms with Gasteiger partial charge < -0.3 is 15.5 Å². The van der Waals surface area contributed by atoms with Crippen LogP contribution >= 0.6 is 11.3 Å². The van der Waals surface area contributed by atoms with E-state index >= 15 is 0 Å². The molecule has 1 aromatic heterocycles. The van der Waals surface area contributed by atoms with Crippen LogP contribution in [0.2, 0.25) is 0 Å². The van der Waals surface area contributed by atoms with Crippen molar-refractivity contribution in [2.75, 3.05) is 23.7 Å². The lowest BCUT2D eigenvalue weighted by atomic mass is 9.99. The van der Waals surface area contributed by atoms with Gasteiger partial charge in [-0.25, -0.2) is 13.6 Å². The number of halogens is 2. The number of carbonyl (C=O) groups excluding carboxylic acids is 2. The average molecular weight is 443 g/mol. The second-order valence-corrected chi connectivity index (χ2v) is 8.11. The smallest absolute Gasteiger partial charge is 0.321 e. The van der Waals surface area contributed by atoms with Crippen molar-refractivity contribution in [2.24, 2.45) is 0 Å². The zero-order valence-electron chi connectivity index (χ0n) is 16.3. The third-order valence-electron chi connectivity index (χ3n) is 4.89. The number of nitrogens with one attached hydrogen (secondary N) is 2. The summed E-state index contributed by atoms with van der Waals surface area (Å²) in [5, 5.41) is 14.2. The number of para-hydroxylation sites is 1. The summed E-state index contributed by atoms with van der Waals surface area (Å²) in [6.07, 6.45) is 1.50. The van der Waals surface area contributed by atoms with Crippen molar-refractivity contribution in [1.29, 1.82) is 0 Å². The largest absolute Gasteiger partial charge is 0.324 e. The van der Waals surface area contributed by atoms with Crippen LogP contribution in [0, 0.1) is 11.6 Å². The lowest BCUT2D eigenvalue weighted by molar-refractivity contribution is 0.102. The van der Waals surface area contributed by atoms with E-state index < -0.39 is 17.7 Å². The minimum atomic E-state index is -0.707. The number of rotatable bonds is 4. The van der Waals surface area contributed by atoms with E-state index in [9.17, 15) is 18.4 Å². The molecule has 0 saturated carbocycles. The molecule has 3 aromatic rings. The fourth-order valence-corrected chi connectivity index (χ4v) is 4.21. The highest BCUT2D eigenvalue weighted by molar-refractivity contribution is 7.13. The number of piperidine rings is 1. The van der Waals surface area contributed by atoms with E-state index in [-0.39, 0.29) is 22.5 Å². The van der Waals surface area contributed by atoms with Gasteiger partial charge in [-0.2, -0.15) is 0 Å². The van der Waals surface area contributed by atoms with Gasteiger partial charge >= 0.3 is 6.03 Å². The normalized spacial score (nSPS) is 16.1. The molecular formula is C21H19F2N5O2S. The van der Waals surface area contributed by atoms with Gasteiger partial charge in [0.2, 0.25) is 5.01 Å². The number of hydrogen-bond donors (Lipinski definition) is 2. The van der Waals surface area contributed by atoms with Gasteiger partial charge in [0.25, 0.3) is 5.91 Å². The van der Waals surface area contributed by atoms with E-state index in [0.717, 1.165) is 31.0 Å². The number of anilines is 2. The van der Waals surface area contributed by atoms with Gasteiger partial charge in [0, 0.05) is 30.8 Å². The molecule has 4 rings (SSSR count). The molecule has 0 bridgehead atoms. The molecule has 2 N–H and O–H groups in total. The van der Waals surface area contributed by atoms with Gasteiger partial charge in [0.05, 0.1) is 5.69 Å². The van der Waals surface area contributed by atoms with E-state index in [1.54, 1.807) is 12.1 Å². The van der Waals surface area contributed by atoms with Crippen LogP contribution in [-0.2, 0) is 0 Å². The Bertz CT molecular complexity index is 1090. The lowest BCUT2D eigenvalue weighted by Crippen LogP contribution is -2.41. The molecule has 2 aromatic carbocycles. The Morgan fingerprint density at radius 3 is 2.68 bits per heavy atom. The van der Waals surface area contributed by atoms with Crippen LogP contribution in [0.5, 0.6) is 0 Å². The van der Waals surface area contributed by atoms with Gasteiger partial charge in [-0.05, 0) is 37.1 Å². The molecule has 7 nitrogen and oxygen atoms in total. The lowest BCUT2D eigenvalue weighted by Gasteiger charge is -2.31. The van der Waals surface area contributed by atoms with E-state index in [2.05, 4.69) is 20.8 Å². The van der Waals surface area contributed by atoms with Crippen LogP contribution in [0.15, 0.2) is 48.5 Å². The van der Waals surface area contributed by atoms with E-state index in [1.165, 1.54) is 16.2 Å². The second-order valence-electron chi connectivity index (χ2n) is 7.11. The van der Waals surface area contributed by atoms with E-state index in [0.29, 0.717) is 23.8 Å². The van der Waals surface area contributed by atoms with Crippen molar-refractivity contribution in [3.63, 3.8) is 0 Å². The summed E-state index contributed by atoms with van der Waals surface area (Å²) in [6, 6.07) is 11.4. The molecule has 1 aliphatic heterocycles. The Labute approximate surface area is 181 Å².